The second kappa shape index (κ2) is 4.73. The van der Waals surface area contributed by atoms with Crippen LogP contribution in [0.3, 0.4) is 0 Å². The van der Waals surface area contributed by atoms with Crippen LogP contribution in [0.25, 0.3) is 0 Å². The Balaban J connectivity index is 2.60. The Morgan fingerprint density at radius 2 is 1.81 bits per heavy atom. The number of imide groups is 1. The van der Waals surface area contributed by atoms with E-state index in [4.69, 9.17) is 0 Å². The lowest BCUT2D eigenvalue weighted by Crippen LogP contribution is -2.38. The normalized spacial score (nSPS) is 17.2. The minimum atomic E-state index is -1.06. The lowest BCUT2D eigenvalue weighted by Gasteiger charge is -2.15. The molecule has 16 heavy (non-hydrogen) atoms. The van der Waals surface area contributed by atoms with E-state index in [0.717, 1.165) is 0 Å². The Hall–Kier alpha value is -1.92. The molecule has 1 rings (SSSR count). The van der Waals surface area contributed by atoms with Crippen molar-refractivity contribution in [2.24, 2.45) is 5.92 Å². The highest BCUT2D eigenvalue weighted by molar-refractivity contribution is 6.03. The summed E-state index contributed by atoms with van der Waals surface area (Å²) in [6.45, 7) is 1.33. The lowest BCUT2D eigenvalue weighted by molar-refractivity contribution is -0.200. The fourth-order valence-electron chi connectivity index (χ4n) is 1.15. The molecule has 1 aliphatic heterocycles. The van der Waals surface area contributed by atoms with Gasteiger partial charge in [-0.25, -0.2) is 4.79 Å². The zero-order valence-electron chi connectivity index (χ0n) is 8.98. The third kappa shape index (κ3) is 2.36. The Morgan fingerprint density at radius 1 is 1.31 bits per heavy atom. The molecule has 1 unspecified atom stereocenters. The fourth-order valence-corrected chi connectivity index (χ4v) is 1.15. The van der Waals surface area contributed by atoms with Gasteiger partial charge in [0.1, 0.15) is 5.92 Å². The summed E-state index contributed by atoms with van der Waals surface area (Å²) in [5.74, 6) is -3.66. The van der Waals surface area contributed by atoms with E-state index in [-0.39, 0.29) is 12.8 Å². The molecular formula is C9H12N2O5. The zero-order valence-corrected chi connectivity index (χ0v) is 8.98. The van der Waals surface area contributed by atoms with Crippen molar-refractivity contribution in [1.82, 2.24) is 10.4 Å². The summed E-state index contributed by atoms with van der Waals surface area (Å²) in [6, 6.07) is 0. The number of nitrogens with zero attached hydrogens (tertiary/aromatic N) is 1. The maximum atomic E-state index is 11.4. The molecule has 0 radical (unpaired) electrons. The molecule has 0 aromatic rings. The number of rotatable bonds is 3. The van der Waals surface area contributed by atoms with Gasteiger partial charge in [0.2, 0.25) is 5.91 Å². The summed E-state index contributed by atoms with van der Waals surface area (Å²) in [5.41, 5.74) is 0. The standard InChI is InChI=1S/C9H12N2O5/c1-5(8(14)10-2)9(15)16-11-6(12)3-4-7(11)13/h5H,3-4H2,1-2H3,(H,10,14). The van der Waals surface area contributed by atoms with E-state index < -0.39 is 29.6 Å². The van der Waals surface area contributed by atoms with Crippen molar-refractivity contribution in [2.45, 2.75) is 19.8 Å². The Morgan fingerprint density at radius 3 is 2.25 bits per heavy atom. The topological polar surface area (TPSA) is 92.8 Å². The molecule has 7 heteroatoms. The van der Waals surface area contributed by atoms with Crippen LogP contribution >= 0.6 is 0 Å². The van der Waals surface area contributed by atoms with Crippen LogP contribution in [0, 0.1) is 5.92 Å². The first-order chi connectivity index (χ1) is 7.47. The van der Waals surface area contributed by atoms with Gasteiger partial charge in [0, 0.05) is 19.9 Å². The molecule has 0 saturated carbocycles. The largest absolute Gasteiger partial charge is 0.358 e. The van der Waals surface area contributed by atoms with Gasteiger partial charge >= 0.3 is 5.97 Å². The second-order valence-electron chi connectivity index (χ2n) is 3.33. The highest BCUT2D eigenvalue weighted by Gasteiger charge is 2.35. The monoisotopic (exact) mass is 228 g/mol. The highest BCUT2D eigenvalue weighted by atomic mass is 16.7. The van der Waals surface area contributed by atoms with Crippen molar-refractivity contribution in [1.29, 1.82) is 0 Å². The van der Waals surface area contributed by atoms with Gasteiger partial charge in [-0.1, -0.05) is 0 Å². The predicted octanol–water partition coefficient (Wildman–Crippen LogP) is -1.02. The van der Waals surface area contributed by atoms with E-state index in [0.29, 0.717) is 5.06 Å². The van der Waals surface area contributed by atoms with Crippen LogP contribution in [0.4, 0.5) is 0 Å². The number of hydrogen-bond donors (Lipinski definition) is 1. The van der Waals surface area contributed by atoms with Crippen LogP contribution in [0.1, 0.15) is 19.8 Å². The molecule has 1 saturated heterocycles. The first-order valence-electron chi connectivity index (χ1n) is 4.76. The minimum absolute atomic E-state index is 0.0282. The van der Waals surface area contributed by atoms with Crippen molar-refractivity contribution in [3.05, 3.63) is 0 Å². The molecule has 0 aromatic carbocycles. The van der Waals surface area contributed by atoms with Crippen LogP contribution < -0.4 is 5.32 Å². The molecule has 1 atom stereocenters. The van der Waals surface area contributed by atoms with Crippen molar-refractivity contribution in [3.63, 3.8) is 0 Å². The van der Waals surface area contributed by atoms with Gasteiger partial charge < -0.3 is 10.2 Å². The van der Waals surface area contributed by atoms with Crippen molar-refractivity contribution >= 4 is 23.7 Å². The molecule has 1 aliphatic rings. The Kier molecular flexibility index (Phi) is 3.60. The molecular weight excluding hydrogens is 216 g/mol. The van der Waals surface area contributed by atoms with Gasteiger partial charge in [0.05, 0.1) is 0 Å². The van der Waals surface area contributed by atoms with Crippen LogP contribution in [0.2, 0.25) is 0 Å². The molecule has 1 N–H and O–H groups in total. The number of hydrogen-bond acceptors (Lipinski definition) is 5. The Bertz CT molecular complexity index is 336. The molecule has 3 amide bonds. The molecule has 0 aromatic heterocycles. The van der Waals surface area contributed by atoms with E-state index in [1.54, 1.807) is 0 Å². The molecule has 0 bridgehead atoms. The van der Waals surface area contributed by atoms with Gasteiger partial charge in [-0.3, -0.25) is 14.4 Å². The molecule has 1 heterocycles. The van der Waals surface area contributed by atoms with Crippen LogP contribution in [0.15, 0.2) is 0 Å². The van der Waals surface area contributed by atoms with E-state index in [9.17, 15) is 19.2 Å². The minimum Gasteiger partial charge on any atom is -0.358 e. The van der Waals surface area contributed by atoms with Crippen LogP contribution in [0.5, 0.6) is 0 Å². The summed E-state index contributed by atoms with van der Waals surface area (Å²) in [6.07, 6.45) is 0.0565. The van der Waals surface area contributed by atoms with Gasteiger partial charge in [-0.2, -0.15) is 0 Å². The van der Waals surface area contributed by atoms with Gasteiger partial charge in [0.15, 0.2) is 0 Å². The van der Waals surface area contributed by atoms with Crippen molar-refractivity contribution < 1.29 is 24.0 Å². The summed E-state index contributed by atoms with van der Waals surface area (Å²) < 4.78 is 0. The Labute approximate surface area is 91.7 Å². The maximum Gasteiger partial charge on any atom is 0.345 e. The summed E-state index contributed by atoms with van der Waals surface area (Å²) in [4.78, 5) is 49.2. The van der Waals surface area contributed by atoms with Gasteiger partial charge in [-0.15, -0.1) is 5.06 Å². The first kappa shape index (κ1) is 12.2. The summed E-state index contributed by atoms with van der Waals surface area (Å²) in [5, 5.41) is 2.68. The third-order valence-corrected chi connectivity index (χ3v) is 2.18. The average Bonchev–Trinajstić information content (AvgIpc) is 2.58. The van der Waals surface area contributed by atoms with E-state index >= 15 is 0 Å². The van der Waals surface area contributed by atoms with E-state index in [1.807, 2.05) is 0 Å². The average molecular weight is 228 g/mol. The molecule has 0 aliphatic carbocycles. The fraction of sp³-hybridized carbons (Fsp3) is 0.556. The number of hydroxylamine groups is 2. The van der Waals surface area contributed by atoms with Crippen molar-refractivity contribution in [3.8, 4) is 0 Å². The summed E-state index contributed by atoms with van der Waals surface area (Å²) >= 11 is 0. The summed E-state index contributed by atoms with van der Waals surface area (Å²) in [7, 11) is 1.37. The zero-order chi connectivity index (χ0) is 12.3. The van der Waals surface area contributed by atoms with E-state index in [2.05, 4.69) is 10.2 Å². The second-order valence-corrected chi connectivity index (χ2v) is 3.33. The van der Waals surface area contributed by atoms with Crippen LogP contribution in [-0.4, -0.2) is 35.8 Å². The predicted molar refractivity (Wildman–Crippen MR) is 50.4 cm³/mol. The number of nitrogens with one attached hydrogen (secondary N) is 1. The third-order valence-electron chi connectivity index (χ3n) is 2.18. The van der Waals surface area contributed by atoms with Gasteiger partial charge in [-0.05, 0) is 6.92 Å². The smallest absolute Gasteiger partial charge is 0.345 e. The molecule has 88 valence electrons. The number of carbonyl (C=O) groups excluding carboxylic acids is 4. The molecule has 1 fully saturated rings. The van der Waals surface area contributed by atoms with Gasteiger partial charge in [0.25, 0.3) is 11.8 Å². The number of carbonyl (C=O) groups is 4. The highest BCUT2D eigenvalue weighted by Crippen LogP contribution is 2.13. The maximum absolute atomic E-state index is 11.4. The number of amides is 3. The van der Waals surface area contributed by atoms with E-state index in [1.165, 1.54) is 14.0 Å². The SMILES string of the molecule is CNC(=O)C(C)C(=O)ON1C(=O)CCC1=O. The molecule has 0 spiro atoms. The van der Waals surface area contributed by atoms with Crippen molar-refractivity contribution in [2.75, 3.05) is 7.05 Å². The van der Waals surface area contributed by atoms with Crippen LogP contribution in [-0.2, 0) is 24.0 Å². The quantitative estimate of drug-likeness (QED) is 0.492. The first-order valence-corrected chi connectivity index (χ1v) is 4.76. The molecule has 7 nitrogen and oxygen atoms in total. The lowest BCUT2D eigenvalue weighted by atomic mass is 10.2.